The van der Waals surface area contributed by atoms with Gasteiger partial charge in [-0.2, -0.15) is 0 Å². The smallest absolute Gasteiger partial charge is 0.0825 e. The number of ether oxygens (including phenoxy) is 1. The van der Waals surface area contributed by atoms with Crippen LogP contribution in [0.3, 0.4) is 0 Å². The molecule has 0 bridgehead atoms. The molecule has 2 rings (SSSR count). The van der Waals surface area contributed by atoms with Gasteiger partial charge in [0.2, 0.25) is 0 Å². The molecule has 0 radical (unpaired) electrons. The number of rotatable bonds is 11. The number of quaternary nitrogens is 2. The SMILES string of the molecule is CC[NH+](CC)CCC[NH2+]CC[C@H](c1ccccc1)[C@H]1CCOC(C)(C)C1. The van der Waals surface area contributed by atoms with E-state index in [1.165, 1.54) is 64.0 Å². The first-order valence-corrected chi connectivity index (χ1v) is 10.9. The van der Waals surface area contributed by atoms with Gasteiger partial charge in [-0.15, -0.1) is 0 Å². The molecule has 3 N–H and O–H groups in total. The third-order valence-corrected chi connectivity index (χ3v) is 6.15. The Hall–Kier alpha value is -0.900. The molecule has 1 aromatic rings. The molecule has 0 aromatic heterocycles. The predicted octanol–water partition coefficient (Wildman–Crippen LogP) is 2.24. The van der Waals surface area contributed by atoms with Gasteiger partial charge in [-0.25, -0.2) is 0 Å². The van der Waals surface area contributed by atoms with Gasteiger partial charge in [0.05, 0.1) is 38.3 Å². The van der Waals surface area contributed by atoms with Crippen molar-refractivity contribution in [2.24, 2.45) is 5.92 Å². The van der Waals surface area contributed by atoms with Gasteiger partial charge in [0, 0.05) is 19.4 Å². The molecule has 2 atom stereocenters. The van der Waals surface area contributed by atoms with E-state index in [2.05, 4.69) is 63.3 Å². The topological polar surface area (TPSA) is 30.3 Å². The summed E-state index contributed by atoms with van der Waals surface area (Å²) in [6.45, 7) is 16.3. The van der Waals surface area contributed by atoms with E-state index in [1.807, 2.05) is 0 Å². The molecule has 1 aliphatic heterocycles. The maximum Gasteiger partial charge on any atom is 0.0825 e. The molecule has 0 aliphatic carbocycles. The molecule has 3 nitrogen and oxygen atoms in total. The lowest BCUT2D eigenvalue weighted by Gasteiger charge is -2.39. The van der Waals surface area contributed by atoms with Crippen LogP contribution in [0.1, 0.15) is 64.9 Å². The summed E-state index contributed by atoms with van der Waals surface area (Å²) >= 11 is 0. The Bertz CT molecular complexity index is 484. The van der Waals surface area contributed by atoms with Crippen LogP contribution in [0.4, 0.5) is 0 Å². The Labute approximate surface area is 161 Å². The van der Waals surface area contributed by atoms with Crippen molar-refractivity contribution in [2.45, 2.75) is 64.9 Å². The highest BCUT2D eigenvalue weighted by Crippen LogP contribution is 2.39. The molecule has 1 aliphatic rings. The van der Waals surface area contributed by atoms with E-state index in [-0.39, 0.29) is 5.60 Å². The second-order valence-electron chi connectivity index (χ2n) is 8.59. The van der Waals surface area contributed by atoms with Crippen LogP contribution in [0.5, 0.6) is 0 Å². The lowest BCUT2D eigenvalue weighted by atomic mass is 9.75. The van der Waals surface area contributed by atoms with Crippen LogP contribution in [-0.2, 0) is 4.74 Å². The average molecular weight is 363 g/mol. The highest BCUT2D eigenvalue weighted by molar-refractivity contribution is 5.20. The maximum atomic E-state index is 5.97. The minimum absolute atomic E-state index is 0.0339. The van der Waals surface area contributed by atoms with Crippen LogP contribution in [0.25, 0.3) is 0 Å². The van der Waals surface area contributed by atoms with Gasteiger partial charge in [-0.3, -0.25) is 0 Å². The van der Waals surface area contributed by atoms with Crippen molar-refractivity contribution < 1.29 is 15.0 Å². The quantitative estimate of drug-likeness (QED) is 0.581. The molecule has 26 heavy (non-hydrogen) atoms. The summed E-state index contributed by atoms with van der Waals surface area (Å²) in [6.07, 6.45) is 4.99. The van der Waals surface area contributed by atoms with E-state index in [0.717, 1.165) is 12.5 Å². The van der Waals surface area contributed by atoms with Crippen molar-refractivity contribution in [3.05, 3.63) is 35.9 Å². The number of benzene rings is 1. The highest BCUT2D eigenvalue weighted by Gasteiger charge is 2.34. The largest absolute Gasteiger partial charge is 0.376 e. The standard InChI is InChI=1S/C23H40N2O/c1-5-25(6-2)17-10-15-24-16-13-22(20-11-8-7-9-12-20)21-14-18-26-23(3,4)19-21/h7-9,11-12,21-22,24H,5-6,10,13-19H2,1-4H3/p+2/t21-,22+/m0/s1. The average Bonchev–Trinajstić information content (AvgIpc) is 2.64. The van der Waals surface area contributed by atoms with Gasteiger partial charge < -0.3 is 15.0 Å². The Kier molecular flexibility index (Phi) is 9.10. The molecule has 3 heteroatoms. The summed E-state index contributed by atoms with van der Waals surface area (Å²) in [7, 11) is 0. The van der Waals surface area contributed by atoms with Gasteiger partial charge in [0.15, 0.2) is 0 Å². The van der Waals surface area contributed by atoms with Gasteiger partial charge >= 0.3 is 0 Å². The van der Waals surface area contributed by atoms with Crippen molar-refractivity contribution >= 4 is 0 Å². The first-order valence-electron chi connectivity index (χ1n) is 10.9. The van der Waals surface area contributed by atoms with E-state index >= 15 is 0 Å². The zero-order chi connectivity index (χ0) is 18.8. The minimum atomic E-state index is 0.0339. The first-order chi connectivity index (χ1) is 12.6. The fraction of sp³-hybridized carbons (Fsp3) is 0.739. The molecule has 0 amide bonds. The normalized spacial score (nSPS) is 21.0. The monoisotopic (exact) mass is 362 g/mol. The Morgan fingerprint density at radius 3 is 2.54 bits per heavy atom. The Balaban J connectivity index is 1.83. The molecule has 148 valence electrons. The van der Waals surface area contributed by atoms with Crippen molar-refractivity contribution in [3.63, 3.8) is 0 Å². The lowest BCUT2D eigenvalue weighted by Crippen LogP contribution is -3.11. The molecular weight excluding hydrogens is 320 g/mol. The van der Waals surface area contributed by atoms with Crippen molar-refractivity contribution in [1.82, 2.24) is 0 Å². The Morgan fingerprint density at radius 2 is 1.88 bits per heavy atom. The van der Waals surface area contributed by atoms with Gasteiger partial charge in [0.25, 0.3) is 0 Å². The number of hydrogen-bond acceptors (Lipinski definition) is 1. The second kappa shape index (κ2) is 11.1. The van der Waals surface area contributed by atoms with E-state index in [9.17, 15) is 0 Å². The van der Waals surface area contributed by atoms with Gasteiger partial charge in [-0.1, -0.05) is 30.3 Å². The minimum Gasteiger partial charge on any atom is -0.376 e. The number of hydrogen-bond donors (Lipinski definition) is 2. The molecule has 1 fully saturated rings. The zero-order valence-electron chi connectivity index (χ0n) is 17.6. The summed E-state index contributed by atoms with van der Waals surface area (Å²) in [6, 6.07) is 11.2. The molecule has 0 spiro atoms. The first kappa shape index (κ1) is 21.4. The third-order valence-electron chi connectivity index (χ3n) is 6.15. The predicted molar refractivity (Wildman–Crippen MR) is 110 cm³/mol. The summed E-state index contributed by atoms with van der Waals surface area (Å²) in [5, 5.41) is 2.54. The van der Waals surface area contributed by atoms with E-state index < -0.39 is 0 Å². The molecule has 1 aromatic carbocycles. The number of nitrogens with two attached hydrogens (primary N) is 1. The number of nitrogens with one attached hydrogen (secondary N) is 1. The fourth-order valence-electron chi connectivity index (χ4n) is 4.54. The van der Waals surface area contributed by atoms with Crippen molar-refractivity contribution in [1.29, 1.82) is 0 Å². The van der Waals surface area contributed by atoms with Gasteiger partial charge in [0.1, 0.15) is 0 Å². The summed E-state index contributed by atoms with van der Waals surface area (Å²) in [5.74, 6) is 1.42. The zero-order valence-corrected chi connectivity index (χ0v) is 17.6. The highest BCUT2D eigenvalue weighted by atomic mass is 16.5. The molecule has 0 saturated carbocycles. The molecule has 1 heterocycles. The van der Waals surface area contributed by atoms with Crippen LogP contribution in [0.15, 0.2) is 30.3 Å². The molecule has 0 unspecified atom stereocenters. The van der Waals surface area contributed by atoms with Crippen LogP contribution in [0, 0.1) is 5.92 Å². The van der Waals surface area contributed by atoms with Crippen LogP contribution < -0.4 is 10.2 Å². The summed E-state index contributed by atoms with van der Waals surface area (Å²) in [4.78, 5) is 1.73. The Morgan fingerprint density at radius 1 is 1.15 bits per heavy atom. The third kappa shape index (κ3) is 7.02. The summed E-state index contributed by atoms with van der Waals surface area (Å²) < 4.78 is 5.97. The molecule has 1 saturated heterocycles. The summed E-state index contributed by atoms with van der Waals surface area (Å²) in [5.41, 5.74) is 1.56. The maximum absolute atomic E-state index is 5.97. The van der Waals surface area contributed by atoms with E-state index in [0.29, 0.717) is 5.92 Å². The van der Waals surface area contributed by atoms with Crippen molar-refractivity contribution in [2.75, 3.05) is 39.3 Å². The van der Waals surface area contributed by atoms with Crippen LogP contribution >= 0.6 is 0 Å². The van der Waals surface area contributed by atoms with E-state index in [1.54, 1.807) is 4.90 Å². The van der Waals surface area contributed by atoms with Gasteiger partial charge in [-0.05, 0) is 57.9 Å². The molecular formula is C23H42N2O+2. The van der Waals surface area contributed by atoms with Crippen LogP contribution in [0.2, 0.25) is 0 Å². The van der Waals surface area contributed by atoms with E-state index in [4.69, 9.17) is 4.74 Å². The lowest BCUT2D eigenvalue weighted by molar-refractivity contribution is -0.898. The van der Waals surface area contributed by atoms with Crippen molar-refractivity contribution in [3.8, 4) is 0 Å². The second-order valence-corrected chi connectivity index (χ2v) is 8.59. The fourth-order valence-corrected chi connectivity index (χ4v) is 4.54. The van der Waals surface area contributed by atoms with Crippen LogP contribution in [-0.4, -0.2) is 44.9 Å².